The third kappa shape index (κ3) is 6.86. The molecule has 0 atom stereocenters. The van der Waals surface area contributed by atoms with Crippen molar-refractivity contribution in [3.05, 3.63) is 30.3 Å². The summed E-state index contributed by atoms with van der Waals surface area (Å²) in [6.07, 6.45) is 0. The van der Waals surface area contributed by atoms with Crippen molar-refractivity contribution in [3.8, 4) is 5.75 Å². The minimum atomic E-state index is 0.0417. The van der Waals surface area contributed by atoms with Crippen molar-refractivity contribution < 1.29 is 5.11 Å². The van der Waals surface area contributed by atoms with Crippen LogP contribution < -0.4 is 0 Å². The van der Waals surface area contributed by atoms with Crippen molar-refractivity contribution in [2.45, 2.75) is 0 Å². The van der Waals surface area contributed by atoms with E-state index in [9.17, 15) is 0 Å². The van der Waals surface area contributed by atoms with Crippen LogP contribution in [0.1, 0.15) is 0 Å². The Hall–Kier alpha value is 0.746. The van der Waals surface area contributed by atoms with Crippen LogP contribution in [0.15, 0.2) is 24.3 Å². The molecule has 1 N–H and O–H groups in total. The lowest BCUT2D eigenvalue weighted by Crippen LogP contribution is -1.57. The lowest BCUT2D eigenvalue weighted by Gasteiger charge is -1.81. The van der Waals surface area contributed by atoms with E-state index in [0.717, 1.165) is 0 Å². The van der Waals surface area contributed by atoms with Gasteiger partial charge in [0.05, 0.1) is 0 Å². The molecule has 1 aromatic carbocycles. The highest BCUT2D eigenvalue weighted by atomic mass is 79.9. The highest BCUT2D eigenvalue weighted by Crippen LogP contribution is 2.02. The molecule has 0 aliphatic rings. The van der Waals surface area contributed by atoms with Gasteiger partial charge in [0.15, 0.2) is 0 Å². The van der Waals surface area contributed by atoms with Gasteiger partial charge in [-0.15, -0.1) is 0 Å². The fourth-order valence-corrected chi connectivity index (χ4v) is 0.384. The maximum Gasteiger partial charge on any atom is 0.560 e. The highest BCUT2D eigenvalue weighted by molar-refractivity contribution is 9.47. The van der Waals surface area contributed by atoms with Crippen LogP contribution in [0.5, 0.6) is 5.75 Å². The molecule has 0 fully saturated rings. The Morgan fingerprint density at radius 3 is 2.30 bits per heavy atom. The number of hydrogen-bond acceptors (Lipinski definition) is 1. The molecule has 0 unspecified atom stereocenters. The number of phenolic OH excluding ortho intramolecular Hbond substituents is 1. The molecular formula is C6H5Br2MgO. The summed E-state index contributed by atoms with van der Waals surface area (Å²) < 4.78 is 0. The van der Waals surface area contributed by atoms with Gasteiger partial charge in [-0.1, -0.05) is 12.1 Å². The van der Waals surface area contributed by atoms with E-state index >= 15 is 0 Å². The van der Waals surface area contributed by atoms with Gasteiger partial charge in [0, 0.05) is 0 Å². The predicted molar refractivity (Wildman–Crippen MR) is 50.6 cm³/mol. The van der Waals surface area contributed by atoms with Gasteiger partial charge in [0.25, 0.3) is 0 Å². The monoisotopic (exact) mass is 275 g/mol. The summed E-state index contributed by atoms with van der Waals surface area (Å²) in [5.74, 6) is 0.266. The summed E-state index contributed by atoms with van der Waals surface area (Å²) in [5.41, 5.74) is 0. The second-order valence-electron chi connectivity index (χ2n) is 1.36. The molecule has 10 heavy (non-hydrogen) atoms. The van der Waals surface area contributed by atoms with Crippen LogP contribution in [0.25, 0.3) is 0 Å². The number of halogens is 2. The molecule has 1 nitrogen and oxygen atoms in total. The summed E-state index contributed by atoms with van der Waals surface area (Å²) in [6.45, 7) is 0. The van der Waals surface area contributed by atoms with Crippen LogP contribution in [-0.2, 0) is 0 Å². The van der Waals surface area contributed by atoms with Crippen LogP contribution in [0.3, 0.4) is 0 Å². The molecule has 0 bridgehead atoms. The fourth-order valence-electron chi connectivity index (χ4n) is 0.384. The first kappa shape index (κ1) is 10.7. The van der Waals surface area contributed by atoms with Crippen LogP contribution in [0, 0.1) is 6.07 Å². The first-order valence-corrected chi connectivity index (χ1v) is 10.4. The smallest absolute Gasteiger partial charge is 0.508 e. The van der Waals surface area contributed by atoms with Crippen molar-refractivity contribution >= 4 is 41.8 Å². The molecule has 1 rings (SSSR count). The van der Waals surface area contributed by atoms with E-state index in [1.54, 1.807) is 18.2 Å². The van der Waals surface area contributed by atoms with Crippen LogP contribution in [0.4, 0.5) is 0 Å². The fraction of sp³-hybridized carbons (Fsp3) is 0. The van der Waals surface area contributed by atoms with E-state index in [2.05, 4.69) is 31.8 Å². The van der Waals surface area contributed by atoms with Crippen molar-refractivity contribution in [1.82, 2.24) is 0 Å². The molecule has 51 valence electrons. The molecule has 0 saturated heterocycles. The maximum absolute atomic E-state index is 8.60. The molecule has 0 aromatic heterocycles. The lowest BCUT2D eigenvalue weighted by atomic mass is 10.3. The molecule has 1 aromatic rings. The van der Waals surface area contributed by atoms with Gasteiger partial charge in [-0.2, -0.15) is 0 Å². The third-order valence-corrected chi connectivity index (χ3v) is 0.691. The zero-order valence-corrected chi connectivity index (χ0v) is 9.81. The van der Waals surface area contributed by atoms with Crippen LogP contribution >= 0.6 is 25.8 Å². The van der Waals surface area contributed by atoms with Gasteiger partial charge in [-0.25, -0.2) is 0 Å². The van der Waals surface area contributed by atoms with E-state index in [1.807, 2.05) is 0 Å². The Bertz CT molecular complexity index is 157. The van der Waals surface area contributed by atoms with E-state index in [0.29, 0.717) is 0 Å². The molecular weight excluding hydrogens is 272 g/mol. The van der Waals surface area contributed by atoms with Crippen molar-refractivity contribution in [1.29, 1.82) is 0 Å². The predicted octanol–water partition coefficient (Wildman–Crippen LogP) is 2.50. The molecule has 0 saturated carbocycles. The zero-order chi connectivity index (χ0) is 7.82. The average Bonchev–Trinajstić information content (AvgIpc) is 1.91. The Balaban J connectivity index is 0.000000236. The van der Waals surface area contributed by atoms with Gasteiger partial charge >= 0.3 is 16.0 Å². The standard InChI is InChI=1S/C6H5O.2BrH.Mg/c7-6-4-2-1-3-5-6;;;/h1-2,4-5,7H;2*1H;/q;;;+2/p-2. The Morgan fingerprint density at radius 2 is 2.10 bits per heavy atom. The molecule has 4 heteroatoms. The quantitative estimate of drug-likeness (QED) is 0.722. The summed E-state index contributed by atoms with van der Waals surface area (Å²) in [6, 6.07) is 9.30. The first-order chi connectivity index (χ1) is 4.81. The zero-order valence-electron chi connectivity index (χ0n) is 5.22. The number of hydrogen-bond donors (Lipinski definition) is 1. The van der Waals surface area contributed by atoms with Crippen molar-refractivity contribution in [3.63, 3.8) is 0 Å². The molecule has 0 amide bonds. The van der Waals surface area contributed by atoms with E-state index < -0.39 is 0 Å². The average molecular weight is 277 g/mol. The van der Waals surface area contributed by atoms with E-state index in [-0.39, 0.29) is 21.8 Å². The number of phenols is 1. The second kappa shape index (κ2) is 7.85. The first-order valence-electron chi connectivity index (χ1n) is 2.58. The minimum absolute atomic E-state index is 0.0417. The number of aromatic hydroxyl groups is 1. The Kier molecular flexibility index (Phi) is 8.43. The molecule has 0 heterocycles. The minimum Gasteiger partial charge on any atom is -0.508 e. The largest absolute Gasteiger partial charge is 0.560 e. The summed E-state index contributed by atoms with van der Waals surface area (Å²) >= 11 is 6.44. The van der Waals surface area contributed by atoms with Gasteiger partial charge in [0.1, 0.15) is 5.75 Å². The van der Waals surface area contributed by atoms with Crippen LogP contribution in [-0.4, -0.2) is 21.1 Å². The second-order valence-corrected chi connectivity index (χ2v) is 9.44. The Morgan fingerprint density at radius 1 is 1.50 bits per heavy atom. The summed E-state index contributed by atoms with van der Waals surface area (Å²) in [7, 11) is 0. The number of benzene rings is 1. The lowest BCUT2D eigenvalue weighted by molar-refractivity contribution is 0.475. The maximum atomic E-state index is 8.60. The summed E-state index contributed by atoms with van der Waals surface area (Å²) in [5, 5.41) is 8.60. The van der Waals surface area contributed by atoms with Gasteiger partial charge in [-0.3, -0.25) is 25.8 Å². The Labute approximate surface area is 82.3 Å². The van der Waals surface area contributed by atoms with Crippen molar-refractivity contribution in [2.24, 2.45) is 0 Å². The molecule has 1 radical (unpaired) electrons. The van der Waals surface area contributed by atoms with Gasteiger partial charge < -0.3 is 5.11 Å². The normalized spacial score (nSPS) is 7.00. The summed E-state index contributed by atoms with van der Waals surface area (Å²) in [4.78, 5) is 0. The SMILES string of the molecule is Oc1c[c]ccc1.[Br][Mg][Br]. The third-order valence-electron chi connectivity index (χ3n) is 0.691. The molecule has 0 spiro atoms. The van der Waals surface area contributed by atoms with Gasteiger partial charge in [0.2, 0.25) is 0 Å². The topological polar surface area (TPSA) is 20.2 Å². The van der Waals surface area contributed by atoms with Crippen molar-refractivity contribution in [2.75, 3.05) is 0 Å². The highest BCUT2D eigenvalue weighted by Gasteiger charge is 1.75. The van der Waals surface area contributed by atoms with Gasteiger partial charge in [-0.05, 0) is 18.2 Å². The van der Waals surface area contributed by atoms with Crippen LogP contribution in [0.2, 0.25) is 0 Å². The molecule has 0 aliphatic carbocycles. The van der Waals surface area contributed by atoms with E-state index in [4.69, 9.17) is 5.11 Å². The molecule has 0 aliphatic heterocycles. The number of rotatable bonds is 0. The van der Waals surface area contributed by atoms with E-state index in [1.165, 1.54) is 6.07 Å².